The van der Waals surface area contributed by atoms with Crippen LogP contribution in [-0.2, 0) is 9.53 Å². The van der Waals surface area contributed by atoms with Crippen LogP contribution >= 0.6 is 11.6 Å². The number of benzene rings is 1. The number of fused-ring (bicyclic) bond motifs is 1. The Kier molecular flexibility index (Phi) is 5.13. The highest BCUT2D eigenvalue weighted by Gasteiger charge is 2.24. The first-order chi connectivity index (χ1) is 10.4. The molecule has 2 rings (SSSR count). The third-order valence-corrected chi connectivity index (χ3v) is 3.28. The maximum Gasteiger partial charge on any atom is 0.339 e. The molecule has 1 aromatic rings. The summed E-state index contributed by atoms with van der Waals surface area (Å²) < 4.78 is 15.5. The van der Waals surface area contributed by atoms with Gasteiger partial charge in [0.25, 0.3) is 5.91 Å². The minimum Gasteiger partial charge on any atom is -0.454 e. The lowest BCUT2D eigenvalue weighted by molar-refractivity contribution is -0.129. The Balaban J connectivity index is 2.00. The van der Waals surface area contributed by atoms with Gasteiger partial charge < -0.3 is 19.5 Å². The zero-order valence-electron chi connectivity index (χ0n) is 12.6. The van der Waals surface area contributed by atoms with Gasteiger partial charge in [-0.3, -0.25) is 4.79 Å². The fourth-order valence-corrected chi connectivity index (χ4v) is 2.08. The number of amides is 1. The summed E-state index contributed by atoms with van der Waals surface area (Å²) in [6, 6.07) is 2.91. The molecule has 0 fully saturated rings. The largest absolute Gasteiger partial charge is 0.454 e. The fourth-order valence-electron chi connectivity index (χ4n) is 1.82. The zero-order valence-corrected chi connectivity index (χ0v) is 13.4. The molecule has 1 amide bonds. The van der Waals surface area contributed by atoms with E-state index in [1.54, 1.807) is 0 Å². The predicted molar refractivity (Wildman–Crippen MR) is 80.3 cm³/mol. The average Bonchev–Trinajstić information content (AvgIpc) is 2.93. The Morgan fingerprint density at radius 1 is 1.32 bits per heavy atom. The zero-order chi connectivity index (χ0) is 16.3. The number of hydrogen-bond donors (Lipinski definition) is 1. The summed E-state index contributed by atoms with van der Waals surface area (Å²) >= 11 is 6.01. The number of carbonyl (C=O) groups is 2. The Morgan fingerprint density at radius 2 is 2.05 bits per heavy atom. The molecule has 120 valence electrons. The molecule has 0 saturated carbocycles. The molecule has 1 unspecified atom stereocenters. The number of ether oxygens (including phenoxy) is 3. The van der Waals surface area contributed by atoms with E-state index < -0.39 is 12.1 Å². The first-order valence-corrected chi connectivity index (χ1v) is 7.34. The van der Waals surface area contributed by atoms with Crippen molar-refractivity contribution in [3.63, 3.8) is 0 Å². The van der Waals surface area contributed by atoms with Gasteiger partial charge in [-0.2, -0.15) is 0 Å². The Hall–Kier alpha value is -1.95. The van der Waals surface area contributed by atoms with Gasteiger partial charge in [-0.25, -0.2) is 4.79 Å². The summed E-state index contributed by atoms with van der Waals surface area (Å²) in [5, 5.41) is 2.97. The van der Waals surface area contributed by atoms with Crippen LogP contribution in [0.1, 0.15) is 31.1 Å². The molecule has 0 aliphatic carbocycles. The normalized spacial score (nSPS) is 13.9. The Labute approximate surface area is 133 Å². The molecule has 1 aliphatic rings. The Morgan fingerprint density at radius 3 is 2.73 bits per heavy atom. The van der Waals surface area contributed by atoms with E-state index in [1.165, 1.54) is 19.1 Å². The summed E-state index contributed by atoms with van der Waals surface area (Å²) in [6.45, 7) is 6.05. The molecule has 1 N–H and O–H groups in total. The van der Waals surface area contributed by atoms with E-state index in [-0.39, 0.29) is 23.3 Å². The fraction of sp³-hybridized carbons (Fsp3) is 0.467. The smallest absolute Gasteiger partial charge is 0.339 e. The van der Waals surface area contributed by atoms with Crippen molar-refractivity contribution in [3.8, 4) is 11.5 Å². The molecular formula is C15H18ClNO5. The monoisotopic (exact) mass is 327 g/mol. The number of rotatable bonds is 5. The molecule has 1 aliphatic heterocycles. The summed E-state index contributed by atoms with van der Waals surface area (Å²) in [5.74, 6) is 0.123. The van der Waals surface area contributed by atoms with Crippen LogP contribution in [0.25, 0.3) is 0 Å². The molecule has 0 saturated heterocycles. The second-order valence-corrected chi connectivity index (χ2v) is 5.79. The minimum atomic E-state index is -0.893. The van der Waals surface area contributed by atoms with Gasteiger partial charge in [-0.15, -0.1) is 0 Å². The van der Waals surface area contributed by atoms with Crippen LogP contribution in [0.5, 0.6) is 11.5 Å². The van der Waals surface area contributed by atoms with Crippen LogP contribution in [-0.4, -0.2) is 31.3 Å². The van der Waals surface area contributed by atoms with E-state index in [4.69, 9.17) is 25.8 Å². The van der Waals surface area contributed by atoms with Crippen molar-refractivity contribution >= 4 is 23.5 Å². The van der Waals surface area contributed by atoms with Gasteiger partial charge in [-0.05, 0) is 25.0 Å². The number of nitrogens with one attached hydrogen (secondary N) is 1. The first-order valence-electron chi connectivity index (χ1n) is 6.96. The van der Waals surface area contributed by atoms with E-state index >= 15 is 0 Å². The summed E-state index contributed by atoms with van der Waals surface area (Å²) in [7, 11) is 0. The lowest BCUT2D eigenvalue weighted by atomic mass is 10.2. The number of carbonyl (C=O) groups excluding carboxylic acids is 2. The van der Waals surface area contributed by atoms with Gasteiger partial charge >= 0.3 is 5.97 Å². The van der Waals surface area contributed by atoms with Crippen molar-refractivity contribution in [1.82, 2.24) is 5.32 Å². The average molecular weight is 328 g/mol. The van der Waals surface area contributed by atoms with E-state index in [1.807, 2.05) is 13.8 Å². The summed E-state index contributed by atoms with van der Waals surface area (Å²) in [4.78, 5) is 23.9. The maximum atomic E-state index is 12.1. The second kappa shape index (κ2) is 6.87. The van der Waals surface area contributed by atoms with E-state index in [0.29, 0.717) is 24.0 Å². The van der Waals surface area contributed by atoms with Crippen molar-refractivity contribution in [2.24, 2.45) is 5.92 Å². The van der Waals surface area contributed by atoms with Crippen molar-refractivity contribution < 1.29 is 23.8 Å². The number of hydrogen-bond acceptors (Lipinski definition) is 5. The minimum absolute atomic E-state index is 0.0571. The van der Waals surface area contributed by atoms with Crippen molar-refractivity contribution in [2.45, 2.75) is 26.9 Å². The van der Waals surface area contributed by atoms with Crippen LogP contribution < -0.4 is 14.8 Å². The van der Waals surface area contributed by atoms with Crippen LogP contribution in [0.3, 0.4) is 0 Å². The van der Waals surface area contributed by atoms with Crippen molar-refractivity contribution in [2.75, 3.05) is 13.3 Å². The molecule has 22 heavy (non-hydrogen) atoms. The molecule has 0 aromatic heterocycles. The lowest BCUT2D eigenvalue weighted by Crippen LogP contribution is -2.37. The van der Waals surface area contributed by atoms with Gasteiger partial charge in [0.1, 0.15) is 0 Å². The van der Waals surface area contributed by atoms with Crippen molar-refractivity contribution in [1.29, 1.82) is 0 Å². The van der Waals surface area contributed by atoms with Crippen LogP contribution in [0.15, 0.2) is 12.1 Å². The second-order valence-electron chi connectivity index (χ2n) is 5.38. The molecule has 7 heteroatoms. The van der Waals surface area contributed by atoms with Gasteiger partial charge in [0.2, 0.25) is 6.79 Å². The molecule has 0 spiro atoms. The standard InChI is InChI=1S/C15H18ClNO5/c1-8(2)6-17-14(18)9(3)22-15(19)10-4-11(16)13-12(5-10)20-7-21-13/h4-5,8-9H,6-7H2,1-3H3,(H,17,18). The van der Waals surface area contributed by atoms with Gasteiger partial charge in [0.05, 0.1) is 10.6 Å². The van der Waals surface area contributed by atoms with Crippen LogP contribution in [0.4, 0.5) is 0 Å². The lowest BCUT2D eigenvalue weighted by Gasteiger charge is -2.14. The maximum absolute atomic E-state index is 12.1. The molecule has 1 atom stereocenters. The predicted octanol–water partition coefficient (Wildman–Crippen LogP) is 2.39. The number of esters is 1. The molecular weight excluding hydrogens is 310 g/mol. The molecule has 6 nitrogen and oxygen atoms in total. The molecule has 1 aromatic carbocycles. The van der Waals surface area contributed by atoms with Crippen LogP contribution in [0.2, 0.25) is 5.02 Å². The van der Waals surface area contributed by atoms with E-state index in [9.17, 15) is 9.59 Å². The molecule has 0 radical (unpaired) electrons. The quantitative estimate of drug-likeness (QED) is 0.840. The van der Waals surface area contributed by atoms with Crippen LogP contribution in [0, 0.1) is 5.92 Å². The topological polar surface area (TPSA) is 73.9 Å². The first kappa shape index (κ1) is 16.4. The highest BCUT2D eigenvalue weighted by molar-refractivity contribution is 6.32. The van der Waals surface area contributed by atoms with Gasteiger partial charge in [0.15, 0.2) is 17.6 Å². The van der Waals surface area contributed by atoms with Gasteiger partial charge in [-0.1, -0.05) is 25.4 Å². The molecule has 0 bridgehead atoms. The van der Waals surface area contributed by atoms with E-state index in [2.05, 4.69) is 5.32 Å². The molecule has 1 heterocycles. The SMILES string of the molecule is CC(C)CNC(=O)C(C)OC(=O)c1cc(Cl)c2c(c1)OCO2. The highest BCUT2D eigenvalue weighted by Crippen LogP contribution is 2.39. The third kappa shape index (κ3) is 3.82. The highest BCUT2D eigenvalue weighted by atomic mass is 35.5. The third-order valence-electron chi connectivity index (χ3n) is 3.00. The van der Waals surface area contributed by atoms with E-state index in [0.717, 1.165) is 0 Å². The Bertz CT molecular complexity index is 588. The number of halogens is 1. The summed E-state index contributed by atoms with van der Waals surface area (Å²) in [5.41, 5.74) is 0.206. The van der Waals surface area contributed by atoms with Crippen molar-refractivity contribution in [3.05, 3.63) is 22.7 Å². The van der Waals surface area contributed by atoms with Gasteiger partial charge in [0, 0.05) is 6.54 Å². The summed E-state index contributed by atoms with van der Waals surface area (Å²) in [6.07, 6.45) is -0.893.